The smallest absolute Gasteiger partial charge is 0.0363 e. The first-order valence-corrected chi connectivity index (χ1v) is 7.80. The van der Waals surface area contributed by atoms with E-state index in [4.69, 9.17) is 5.73 Å². The quantitative estimate of drug-likeness (QED) is 0.766. The van der Waals surface area contributed by atoms with Gasteiger partial charge in [-0.15, -0.1) is 0 Å². The summed E-state index contributed by atoms with van der Waals surface area (Å²) in [4.78, 5) is 2.44. The van der Waals surface area contributed by atoms with Crippen LogP contribution >= 0.6 is 0 Å². The van der Waals surface area contributed by atoms with E-state index in [0.29, 0.717) is 5.41 Å². The molecule has 0 amide bonds. The van der Waals surface area contributed by atoms with Gasteiger partial charge in [0.1, 0.15) is 0 Å². The normalized spacial score (nSPS) is 20.2. The van der Waals surface area contributed by atoms with E-state index < -0.39 is 10.8 Å². The third-order valence-electron chi connectivity index (χ3n) is 3.42. The van der Waals surface area contributed by atoms with Gasteiger partial charge in [0.05, 0.1) is 0 Å². The molecule has 1 rings (SSSR count). The van der Waals surface area contributed by atoms with Gasteiger partial charge in [-0.3, -0.25) is 4.21 Å². The summed E-state index contributed by atoms with van der Waals surface area (Å²) in [6.45, 7) is 8.57. The summed E-state index contributed by atoms with van der Waals surface area (Å²) in [6, 6.07) is 0. The number of hydrogen-bond acceptors (Lipinski definition) is 3. The van der Waals surface area contributed by atoms with Crippen LogP contribution < -0.4 is 5.73 Å². The first kappa shape index (κ1) is 14.1. The Bertz CT molecular complexity index is 221. The highest BCUT2D eigenvalue weighted by Gasteiger charge is 2.18. The standard InChI is InChI=1S/C12H26N2OS/c1-12(2,5-6-13)4-3-7-14-8-10-16(15)11-9-14/h3-11,13H2,1-2H3. The molecule has 4 heteroatoms. The Morgan fingerprint density at radius 1 is 1.25 bits per heavy atom. The number of hydrogen-bond donors (Lipinski definition) is 1. The van der Waals surface area contributed by atoms with Gasteiger partial charge in [-0.05, 0) is 37.8 Å². The molecule has 0 radical (unpaired) electrons. The van der Waals surface area contributed by atoms with Gasteiger partial charge in [-0.25, -0.2) is 0 Å². The summed E-state index contributed by atoms with van der Waals surface area (Å²) >= 11 is 0. The van der Waals surface area contributed by atoms with Gasteiger partial charge >= 0.3 is 0 Å². The number of rotatable bonds is 6. The summed E-state index contributed by atoms with van der Waals surface area (Å²) in [6.07, 6.45) is 3.58. The molecule has 0 aromatic carbocycles. The summed E-state index contributed by atoms with van der Waals surface area (Å²) in [5.41, 5.74) is 5.98. The van der Waals surface area contributed by atoms with Gasteiger partial charge < -0.3 is 10.6 Å². The number of nitrogens with two attached hydrogens (primary N) is 1. The highest BCUT2D eigenvalue weighted by Crippen LogP contribution is 2.25. The first-order valence-electron chi connectivity index (χ1n) is 6.31. The molecular formula is C12H26N2OS. The molecule has 1 fully saturated rings. The van der Waals surface area contributed by atoms with Crippen LogP contribution in [0.3, 0.4) is 0 Å². The van der Waals surface area contributed by atoms with Crippen LogP contribution in [0.5, 0.6) is 0 Å². The van der Waals surface area contributed by atoms with Crippen molar-refractivity contribution >= 4 is 10.8 Å². The van der Waals surface area contributed by atoms with Gasteiger partial charge in [-0.1, -0.05) is 13.8 Å². The second kappa shape index (κ2) is 6.72. The van der Waals surface area contributed by atoms with Crippen LogP contribution in [0.2, 0.25) is 0 Å². The molecule has 16 heavy (non-hydrogen) atoms. The molecule has 0 atom stereocenters. The molecule has 1 aliphatic rings. The number of nitrogens with zero attached hydrogens (tertiary/aromatic N) is 1. The zero-order valence-corrected chi connectivity index (χ0v) is 11.5. The van der Waals surface area contributed by atoms with Gasteiger partial charge in [0.2, 0.25) is 0 Å². The minimum atomic E-state index is -0.545. The summed E-state index contributed by atoms with van der Waals surface area (Å²) in [5, 5.41) is 0. The molecule has 1 aliphatic heterocycles. The zero-order valence-electron chi connectivity index (χ0n) is 10.7. The fraction of sp³-hybridized carbons (Fsp3) is 1.00. The molecule has 2 N–H and O–H groups in total. The third kappa shape index (κ3) is 5.41. The van der Waals surface area contributed by atoms with Gasteiger partial charge in [0.25, 0.3) is 0 Å². The largest absolute Gasteiger partial charge is 0.330 e. The van der Waals surface area contributed by atoms with Crippen LogP contribution in [0.1, 0.15) is 33.1 Å². The highest BCUT2D eigenvalue weighted by molar-refractivity contribution is 7.85. The van der Waals surface area contributed by atoms with Crippen LogP contribution in [0, 0.1) is 5.41 Å². The molecule has 3 nitrogen and oxygen atoms in total. The van der Waals surface area contributed by atoms with E-state index in [2.05, 4.69) is 18.7 Å². The summed E-state index contributed by atoms with van der Waals surface area (Å²) < 4.78 is 11.2. The molecule has 0 bridgehead atoms. The molecule has 1 saturated heterocycles. The lowest BCUT2D eigenvalue weighted by molar-refractivity contribution is 0.248. The lowest BCUT2D eigenvalue weighted by Gasteiger charge is -2.29. The third-order valence-corrected chi connectivity index (χ3v) is 4.70. The van der Waals surface area contributed by atoms with E-state index >= 15 is 0 Å². The van der Waals surface area contributed by atoms with E-state index in [0.717, 1.165) is 44.1 Å². The molecule has 0 aliphatic carbocycles. The van der Waals surface area contributed by atoms with Crippen molar-refractivity contribution in [2.45, 2.75) is 33.1 Å². The molecule has 0 unspecified atom stereocenters. The van der Waals surface area contributed by atoms with Crippen molar-refractivity contribution in [3.8, 4) is 0 Å². The molecule has 1 heterocycles. The van der Waals surface area contributed by atoms with Gasteiger partial charge in [0, 0.05) is 35.4 Å². The van der Waals surface area contributed by atoms with Crippen molar-refractivity contribution in [3.63, 3.8) is 0 Å². The van der Waals surface area contributed by atoms with Crippen molar-refractivity contribution < 1.29 is 4.21 Å². The van der Waals surface area contributed by atoms with Crippen LogP contribution in [0.15, 0.2) is 0 Å². The maximum Gasteiger partial charge on any atom is 0.0363 e. The van der Waals surface area contributed by atoms with Crippen LogP contribution in [0.4, 0.5) is 0 Å². The predicted molar refractivity (Wildman–Crippen MR) is 71.0 cm³/mol. The zero-order chi connectivity index (χ0) is 12.0. The molecule has 0 aromatic heterocycles. The van der Waals surface area contributed by atoms with Crippen molar-refractivity contribution in [3.05, 3.63) is 0 Å². The van der Waals surface area contributed by atoms with E-state index in [9.17, 15) is 4.21 Å². The van der Waals surface area contributed by atoms with Crippen LogP contribution in [-0.2, 0) is 10.8 Å². The Morgan fingerprint density at radius 3 is 2.44 bits per heavy atom. The molecule has 96 valence electrons. The molecule has 0 aromatic rings. The van der Waals surface area contributed by atoms with Crippen molar-refractivity contribution in [1.82, 2.24) is 4.90 Å². The van der Waals surface area contributed by atoms with Crippen LogP contribution in [0.25, 0.3) is 0 Å². The van der Waals surface area contributed by atoms with Crippen molar-refractivity contribution in [2.24, 2.45) is 11.1 Å². The second-order valence-electron chi connectivity index (χ2n) is 5.50. The minimum Gasteiger partial charge on any atom is -0.330 e. The van der Waals surface area contributed by atoms with Crippen molar-refractivity contribution in [1.29, 1.82) is 0 Å². The lowest BCUT2D eigenvalue weighted by atomic mass is 9.84. The summed E-state index contributed by atoms with van der Waals surface area (Å²) in [5.74, 6) is 1.73. The average Bonchev–Trinajstić information content (AvgIpc) is 2.20. The van der Waals surface area contributed by atoms with Gasteiger partial charge in [0.15, 0.2) is 0 Å². The topological polar surface area (TPSA) is 46.3 Å². The Morgan fingerprint density at radius 2 is 1.88 bits per heavy atom. The molecule has 0 spiro atoms. The van der Waals surface area contributed by atoms with Crippen LogP contribution in [-0.4, -0.2) is 46.8 Å². The van der Waals surface area contributed by atoms with Gasteiger partial charge in [-0.2, -0.15) is 0 Å². The maximum absolute atomic E-state index is 11.2. The van der Waals surface area contributed by atoms with Crippen molar-refractivity contribution in [2.75, 3.05) is 37.7 Å². The van der Waals surface area contributed by atoms with E-state index in [1.165, 1.54) is 12.8 Å². The summed E-state index contributed by atoms with van der Waals surface area (Å²) in [7, 11) is -0.545. The Hall–Kier alpha value is 0.0700. The Balaban J connectivity index is 2.13. The monoisotopic (exact) mass is 246 g/mol. The Labute approximate surface area is 102 Å². The highest BCUT2D eigenvalue weighted by atomic mass is 32.2. The minimum absolute atomic E-state index is 0.382. The van der Waals surface area contributed by atoms with E-state index in [1.54, 1.807) is 0 Å². The SMILES string of the molecule is CC(C)(CCN)CCCN1CCS(=O)CC1. The first-order chi connectivity index (χ1) is 7.53. The average molecular weight is 246 g/mol. The maximum atomic E-state index is 11.2. The second-order valence-corrected chi connectivity index (χ2v) is 7.19. The molecule has 0 saturated carbocycles. The Kier molecular flexibility index (Phi) is 5.94. The lowest BCUT2D eigenvalue weighted by Crippen LogP contribution is -2.38. The van der Waals surface area contributed by atoms with E-state index in [-0.39, 0.29) is 0 Å². The van der Waals surface area contributed by atoms with E-state index in [1.807, 2.05) is 0 Å². The molecular weight excluding hydrogens is 220 g/mol. The predicted octanol–water partition coefficient (Wildman–Crippen LogP) is 1.21. The fourth-order valence-corrected chi connectivity index (χ4v) is 3.32. The fourth-order valence-electron chi connectivity index (χ4n) is 2.20.